The Kier molecular flexibility index (Phi) is 5.27. The standard InChI is InChI=1S/C18H23NS/c1-4-17(19)16-7-5-6-8-18(16)20-15-11-9-14(10-12-15)13(2)3/h5-13,17H,4,19H2,1-3H3. The van der Waals surface area contributed by atoms with E-state index in [-0.39, 0.29) is 6.04 Å². The van der Waals surface area contributed by atoms with Crippen LogP contribution in [-0.4, -0.2) is 0 Å². The lowest BCUT2D eigenvalue weighted by Gasteiger charge is -2.14. The fourth-order valence-corrected chi connectivity index (χ4v) is 3.16. The zero-order valence-electron chi connectivity index (χ0n) is 12.5. The third-order valence-electron chi connectivity index (χ3n) is 3.53. The van der Waals surface area contributed by atoms with Crippen LogP contribution in [-0.2, 0) is 0 Å². The number of hydrogen-bond acceptors (Lipinski definition) is 2. The maximum atomic E-state index is 6.20. The van der Waals surface area contributed by atoms with Crippen molar-refractivity contribution in [1.82, 2.24) is 0 Å². The molecule has 0 aliphatic rings. The average Bonchev–Trinajstić information content (AvgIpc) is 2.47. The molecule has 2 aromatic carbocycles. The third-order valence-corrected chi connectivity index (χ3v) is 4.63. The van der Waals surface area contributed by atoms with E-state index in [4.69, 9.17) is 5.73 Å². The van der Waals surface area contributed by atoms with Gasteiger partial charge in [-0.15, -0.1) is 0 Å². The normalized spacial score (nSPS) is 12.7. The van der Waals surface area contributed by atoms with Gasteiger partial charge in [0.05, 0.1) is 0 Å². The maximum absolute atomic E-state index is 6.20. The smallest absolute Gasteiger partial charge is 0.0303 e. The van der Waals surface area contributed by atoms with Gasteiger partial charge in [0.1, 0.15) is 0 Å². The van der Waals surface area contributed by atoms with E-state index >= 15 is 0 Å². The van der Waals surface area contributed by atoms with Crippen molar-refractivity contribution in [2.75, 3.05) is 0 Å². The Labute approximate surface area is 126 Å². The fraction of sp³-hybridized carbons (Fsp3) is 0.333. The molecule has 0 amide bonds. The van der Waals surface area contributed by atoms with Crippen molar-refractivity contribution in [2.24, 2.45) is 5.73 Å². The Bertz CT molecular complexity index is 546. The lowest BCUT2D eigenvalue weighted by molar-refractivity contribution is 0.685. The van der Waals surface area contributed by atoms with Gasteiger partial charge in [-0.1, -0.05) is 62.9 Å². The van der Waals surface area contributed by atoms with Crippen LogP contribution < -0.4 is 5.73 Å². The molecule has 2 N–H and O–H groups in total. The molecule has 0 aromatic heterocycles. The molecule has 0 spiro atoms. The van der Waals surface area contributed by atoms with E-state index in [9.17, 15) is 0 Å². The van der Waals surface area contributed by atoms with Crippen LogP contribution in [0.25, 0.3) is 0 Å². The molecule has 20 heavy (non-hydrogen) atoms. The lowest BCUT2D eigenvalue weighted by atomic mass is 10.0. The summed E-state index contributed by atoms with van der Waals surface area (Å²) < 4.78 is 0. The molecule has 2 aromatic rings. The van der Waals surface area contributed by atoms with Crippen molar-refractivity contribution in [3.05, 3.63) is 59.7 Å². The van der Waals surface area contributed by atoms with Crippen molar-refractivity contribution >= 4 is 11.8 Å². The van der Waals surface area contributed by atoms with Crippen LogP contribution in [0, 0.1) is 0 Å². The van der Waals surface area contributed by atoms with Gasteiger partial charge >= 0.3 is 0 Å². The molecule has 0 bridgehead atoms. The quantitative estimate of drug-likeness (QED) is 0.799. The van der Waals surface area contributed by atoms with Crippen molar-refractivity contribution in [2.45, 2.75) is 48.9 Å². The van der Waals surface area contributed by atoms with E-state index in [0.717, 1.165) is 6.42 Å². The molecule has 0 saturated heterocycles. The molecule has 2 rings (SSSR count). The summed E-state index contributed by atoms with van der Waals surface area (Å²) in [5, 5.41) is 0. The second-order valence-electron chi connectivity index (χ2n) is 5.38. The average molecular weight is 285 g/mol. The molecular weight excluding hydrogens is 262 g/mol. The van der Waals surface area contributed by atoms with Crippen molar-refractivity contribution in [3.63, 3.8) is 0 Å². The summed E-state index contributed by atoms with van der Waals surface area (Å²) in [6.45, 7) is 6.57. The highest BCUT2D eigenvalue weighted by Gasteiger charge is 2.10. The highest BCUT2D eigenvalue weighted by molar-refractivity contribution is 7.99. The van der Waals surface area contributed by atoms with Crippen molar-refractivity contribution < 1.29 is 0 Å². The van der Waals surface area contributed by atoms with Gasteiger partial charge in [-0.05, 0) is 41.7 Å². The zero-order valence-corrected chi connectivity index (χ0v) is 13.3. The summed E-state index contributed by atoms with van der Waals surface area (Å²) in [7, 11) is 0. The van der Waals surface area contributed by atoms with E-state index < -0.39 is 0 Å². The highest BCUT2D eigenvalue weighted by atomic mass is 32.2. The minimum Gasteiger partial charge on any atom is -0.324 e. The SMILES string of the molecule is CCC(N)c1ccccc1Sc1ccc(C(C)C)cc1. The molecule has 2 heteroatoms. The Morgan fingerprint density at radius 2 is 1.65 bits per heavy atom. The third kappa shape index (κ3) is 3.65. The number of benzene rings is 2. The second-order valence-corrected chi connectivity index (χ2v) is 6.49. The Balaban J connectivity index is 2.21. The topological polar surface area (TPSA) is 26.0 Å². The monoisotopic (exact) mass is 285 g/mol. The van der Waals surface area contributed by atoms with Crippen LogP contribution in [0.5, 0.6) is 0 Å². The van der Waals surface area contributed by atoms with Crippen LogP contribution in [0.15, 0.2) is 58.3 Å². The van der Waals surface area contributed by atoms with E-state index in [2.05, 4.69) is 69.3 Å². The second kappa shape index (κ2) is 6.96. The molecule has 1 unspecified atom stereocenters. The molecule has 0 aliphatic heterocycles. The Morgan fingerprint density at radius 1 is 1.00 bits per heavy atom. The zero-order chi connectivity index (χ0) is 14.5. The summed E-state index contributed by atoms with van der Waals surface area (Å²) >= 11 is 1.80. The summed E-state index contributed by atoms with van der Waals surface area (Å²) in [5.74, 6) is 0.579. The van der Waals surface area contributed by atoms with Gasteiger partial charge < -0.3 is 5.73 Å². The van der Waals surface area contributed by atoms with E-state index in [1.165, 1.54) is 20.9 Å². The van der Waals surface area contributed by atoms with Gasteiger partial charge in [-0.2, -0.15) is 0 Å². The van der Waals surface area contributed by atoms with E-state index in [1.807, 2.05) is 0 Å². The molecule has 0 radical (unpaired) electrons. The van der Waals surface area contributed by atoms with Gasteiger partial charge in [0, 0.05) is 15.8 Å². The first kappa shape index (κ1) is 15.1. The highest BCUT2D eigenvalue weighted by Crippen LogP contribution is 2.34. The molecule has 0 aliphatic carbocycles. The number of nitrogens with two attached hydrogens (primary N) is 1. The minimum absolute atomic E-state index is 0.119. The van der Waals surface area contributed by atoms with Gasteiger partial charge in [0.25, 0.3) is 0 Å². The Morgan fingerprint density at radius 3 is 2.25 bits per heavy atom. The Hall–Kier alpha value is -1.25. The largest absolute Gasteiger partial charge is 0.324 e. The minimum atomic E-state index is 0.119. The van der Waals surface area contributed by atoms with Crippen LogP contribution in [0.4, 0.5) is 0 Å². The van der Waals surface area contributed by atoms with Crippen molar-refractivity contribution in [3.8, 4) is 0 Å². The lowest BCUT2D eigenvalue weighted by Crippen LogP contribution is -2.09. The summed E-state index contributed by atoms with van der Waals surface area (Å²) in [5.41, 5.74) is 8.83. The van der Waals surface area contributed by atoms with Gasteiger partial charge in [0.15, 0.2) is 0 Å². The van der Waals surface area contributed by atoms with Crippen LogP contribution in [0.2, 0.25) is 0 Å². The summed E-state index contributed by atoms with van der Waals surface area (Å²) in [4.78, 5) is 2.53. The number of hydrogen-bond donors (Lipinski definition) is 1. The first-order valence-corrected chi connectivity index (χ1v) is 8.05. The molecule has 0 heterocycles. The molecule has 1 atom stereocenters. The molecule has 1 nitrogen and oxygen atoms in total. The van der Waals surface area contributed by atoms with Gasteiger partial charge in [-0.25, -0.2) is 0 Å². The van der Waals surface area contributed by atoms with Gasteiger partial charge in [0.2, 0.25) is 0 Å². The molecule has 106 valence electrons. The van der Waals surface area contributed by atoms with Gasteiger partial charge in [-0.3, -0.25) is 0 Å². The molecular formula is C18H23NS. The molecule has 0 saturated carbocycles. The fourth-order valence-electron chi connectivity index (χ4n) is 2.15. The van der Waals surface area contributed by atoms with E-state index in [1.54, 1.807) is 11.8 Å². The van der Waals surface area contributed by atoms with Crippen molar-refractivity contribution in [1.29, 1.82) is 0 Å². The van der Waals surface area contributed by atoms with Crippen LogP contribution in [0.3, 0.4) is 0 Å². The van der Waals surface area contributed by atoms with Crippen LogP contribution in [0.1, 0.15) is 50.3 Å². The van der Waals surface area contributed by atoms with E-state index in [0.29, 0.717) is 5.92 Å². The summed E-state index contributed by atoms with van der Waals surface area (Å²) in [6, 6.07) is 17.4. The first-order valence-electron chi connectivity index (χ1n) is 7.24. The summed E-state index contributed by atoms with van der Waals surface area (Å²) in [6.07, 6.45) is 0.962. The van der Waals surface area contributed by atoms with Crippen LogP contribution >= 0.6 is 11.8 Å². The number of rotatable bonds is 5. The first-order chi connectivity index (χ1) is 9.61. The molecule has 0 fully saturated rings. The predicted molar refractivity (Wildman–Crippen MR) is 88.3 cm³/mol. The predicted octanol–water partition coefficient (Wildman–Crippen LogP) is 5.37. The maximum Gasteiger partial charge on any atom is 0.0303 e.